The Balaban J connectivity index is 1.26. The van der Waals surface area contributed by atoms with Gasteiger partial charge in [-0.2, -0.15) is 0 Å². The molecule has 0 aliphatic carbocycles. The average Bonchev–Trinajstić information content (AvgIpc) is 3.48. The Morgan fingerprint density at radius 1 is 0.977 bits per heavy atom. The summed E-state index contributed by atoms with van der Waals surface area (Å²) >= 11 is 0. The van der Waals surface area contributed by atoms with E-state index in [0.717, 1.165) is 5.69 Å². The van der Waals surface area contributed by atoms with Crippen LogP contribution in [0.25, 0.3) is 22.6 Å². The van der Waals surface area contributed by atoms with Crippen molar-refractivity contribution in [3.8, 4) is 28.4 Å². The van der Waals surface area contributed by atoms with E-state index in [9.17, 15) is 9.18 Å². The minimum atomic E-state index is -0.908. The highest BCUT2D eigenvalue weighted by Gasteiger charge is 2.41. The zero-order valence-electron chi connectivity index (χ0n) is 23.5. The zero-order valence-corrected chi connectivity index (χ0v) is 23.5. The molecule has 11 heteroatoms. The first-order chi connectivity index (χ1) is 20.9. The van der Waals surface area contributed by atoms with Crippen molar-refractivity contribution in [2.75, 3.05) is 31.0 Å². The molecule has 1 saturated heterocycles. The number of anilines is 3. The summed E-state index contributed by atoms with van der Waals surface area (Å²) in [6, 6.07) is 24.4. The third-order valence-electron chi connectivity index (χ3n) is 6.99. The number of rotatable bonds is 8. The van der Waals surface area contributed by atoms with Crippen LogP contribution in [0.2, 0.25) is 0 Å². The predicted molar refractivity (Wildman–Crippen MR) is 159 cm³/mol. The van der Waals surface area contributed by atoms with Gasteiger partial charge in [-0.15, -0.1) is 0 Å². The Hall–Kier alpha value is -5.13. The van der Waals surface area contributed by atoms with Gasteiger partial charge in [-0.1, -0.05) is 24.3 Å². The minimum Gasteiger partial charge on any atom is -0.497 e. The lowest BCUT2D eigenvalue weighted by atomic mass is 9.91. The van der Waals surface area contributed by atoms with E-state index in [4.69, 9.17) is 24.2 Å². The van der Waals surface area contributed by atoms with E-state index in [1.54, 1.807) is 38.4 Å². The fourth-order valence-corrected chi connectivity index (χ4v) is 4.59. The molecule has 0 radical (unpaired) electrons. The molecule has 1 aliphatic rings. The van der Waals surface area contributed by atoms with Crippen LogP contribution in [-0.2, 0) is 14.3 Å². The van der Waals surface area contributed by atoms with Crippen LogP contribution in [0.5, 0.6) is 5.75 Å². The van der Waals surface area contributed by atoms with Crippen molar-refractivity contribution in [2.24, 2.45) is 5.41 Å². The molecule has 0 atom stereocenters. The molecule has 43 heavy (non-hydrogen) atoms. The number of amides is 1. The van der Waals surface area contributed by atoms with Crippen molar-refractivity contribution < 1.29 is 23.4 Å². The van der Waals surface area contributed by atoms with Gasteiger partial charge in [0, 0.05) is 29.2 Å². The fraction of sp³-hybridized carbons (Fsp3) is 0.188. The molecule has 3 aromatic carbocycles. The number of nitrogens with one attached hydrogen (secondary N) is 3. The zero-order chi connectivity index (χ0) is 29.8. The molecule has 0 bridgehead atoms. The van der Waals surface area contributed by atoms with Crippen molar-refractivity contribution in [1.82, 2.24) is 19.9 Å². The number of carbonyl (C=O) groups excluding carboxylic acids is 1. The summed E-state index contributed by atoms with van der Waals surface area (Å²) in [5.41, 5.74) is 2.85. The molecule has 1 fully saturated rings. The molecular weight excluding hydrogens is 551 g/mol. The Bertz CT molecular complexity index is 1720. The maximum Gasteiger partial charge on any atom is 0.234 e. The Morgan fingerprint density at radius 3 is 2.47 bits per heavy atom. The summed E-state index contributed by atoms with van der Waals surface area (Å²) in [6.07, 6.45) is 0.770. The van der Waals surface area contributed by atoms with E-state index in [0.29, 0.717) is 45.9 Å². The minimum absolute atomic E-state index is 0.111. The van der Waals surface area contributed by atoms with Crippen LogP contribution < -0.4 is 15.4 Å². The third kappa shape index (κ3) is 6.22. The van der Waals surface area contributed by atoms with E-state index in [-0.39, 0.29) is 24.9 Å². The van der Waals surface area contributed by atoms with Gasteiger partial charge in [0.1, 0.15) is 11.6 Å². The van der Waals surface area contributed by atoms with Crippen LogP contribution in [-0.4, -0.2) is 46.2 Å². The van der Waals surface area contributed by atoms with Crippen LogP contribution in [0.15, 0.2) is 91.1 Å². The lowest BCUT2D eigenvalue weighted by Gasteiger charge is -2.35. The molecular formula is C32H29FN6O4. The van der Waals surface area contributed by atoms with E-state index in [1.807, 2.05) is 54.6 Å². The number of aromatic amines is 1. The number of hydrogen-bond donors (Lipinski definition) is 3. The van der Waals surface area contributed by atoms with Gasteiger partial charge in [-0.25, -0.2) is 19.3 Å². The predicted octanol–water partition coefficient (Wildman–Crippen LogP) is 6.12. The van der Waals surface area contributed by atoms with Crippen LogP contribution in [0.3, 0.4) is 0 Å². The first-order valence-electron chi connectivity index (χ1n) is 13.6. The van der Waals surface area contributed by atoms with E-state index in [2.05, 4.69) is 20.6 Å². The van der Waals surface area contributed by atoms with Gasteiger partial charge >= 0.3 is 0 Å². The quantitative estimate of drug-likeness (QED) is 0.201. The van der Waals surface area contributed by atoms with Gasteiger partial charge in [-0.3, -0.25) is 4.79 Å². The fourth-order valence-electron chi connectivity index (χ4n) is 4.59. The average molecular weight is 581 g/mol. The number of para-hydroxylation sites is 1. The van der Waals surface area contributed by atoms with Gasteiger partial charge in [-0.05, 0) is 61.5 Å². The molecule has 0 spiro atoms. The highest BCUT2D eigenvalue weighted by Crippen LogP contribution is 2.36. The lowest BCUT2D eigenvalue weighted by molar-refractivity contribution is -0.229. The number of carbonyl (C=O) groups is 1. The molecule has 3 heterocycles. The van der Waals surface area contributed by atoms with E-state index >= 15 is 0 Å². The number of hydrogen-bond acceptors (Lipinski definition) is 8. The number of ether oxygens (including phenoxy) is 3. The lowest BCUT2D eigenvalue weighted by Crippen LogP contribution is -2.45. The number of halogens is 1. The molecule has 10 nitrogen and oxygen atoms in total. The van der Waals surface area contributed by atoms with Crippen molar-refractivity contribution in [3.05, 3.63) is 103 Å². The topological polar surface area (TPSA) is 123 Å². The second kappa shape index (κ2) is 12.0. The second-order valence-corrected chi connectivity index (χ2v) is 10.3. The van der Waals surface area contributed by atoms with Crippen LogP contribution >= 0.6 is 0 Å². The summed E-state index contributed by atoms with van der Waals surface area (Å²) in [7, 11) is 1.60. The number of imidazole rings is 1. The largest absolute Gasteiger partial charge is 0.497 e. The molecule has 5 aromatic rings. The van der Waals surface area contributed by atoms with Crippen molar-refractivity contribution in [1.29, 1.82) is 0 Å². The van der Waals surface area contributed by atoms with Crippen molar-refractivity contribution in [2.45, 2.75) is 13.2 Å². The Morgan fingerprint density at radius 2 is 1.72 bits per heavy atom. The third-order valence-corrected chi connectivity index (χ3v) is 6.99. The van der Waals surface area contributed by atoms with Gasteiger partial charge in [0.15, 0.2) is 5.82 Å². The number of H-pyrrole nitrogens is 1. The summed E-state index contributed by atoms with van der Waals surface area (Å²) in [5.74, 6) is 0.874. The standard InChI is InChI=1S/C32H29FN6O4/c1-32(30(40)35-22-7-4-3-5-8-22)18-42-29(43-19-32)28-38-26(20-11-13-21(33)14-12-20)27(39-28)25-15-16-34-31(37-25)36-23-9-6-10-24(17-23)41-2/h3-17,29H,18-19H2,1-2H3,(H,35,40)(H,38,39)(H,34,36,37). The van der Waals surface area contributed by atoms with E-state index < -0.39 is 11.7 Å². The molecule has 6 rings (SSSR count). The molecule has 3 N–H and O–H groups in total. The second-order valence-electron chi connectivity index (χ2n) is 10.3. The van der Waals surface area contributed by atoms with Gasteiger partial charge in [0.2, 0.25) is 18.1 Å². The molecule has 2 aromatic heterocycles. The SMILES string of the molecule is COc1cccc(Nc2nccc(-c3[nH]c(C4OCC(C)(C(=O)Nc5ccccc5)CO4)nc3-c3ccc(F)cc3)n2)c1. The monoisotopic (exact) mass is 580 g/mol. The highest BCUT2D eigenvalue weighted by molar-refractivity contribution is 5.95. The van der Waals surface area contributed by atoms with E-state index in [1.165, 1.54) is 12.1 Å². The van der Waals surface area contributed by atoms with Gasteiger partial charge in [0.05, 0.1) is 42.8 Å². The van der Waals surface area contributed by atoms with Gasteiger partial charge < -0.3 is 29.8 Å². The smallest absolute Gasteiger partial charge is 0.234 e. The molecule has 0 saturated carbocycles. The summed E-state index contributed by atoms with van der Waals surface area (Å²) in [5, 5.41) is 6.11. The molecule has 1 aliphatic heterocycles. The van der Waals surface area contributed by atoms with Crippen molar-refractivity contribution in [3.63, 3.8) is 0 Å². The molecule has 1 amide bonds. The van der Waals surface area contributed by atoms with Crippen LogP contribution in [0.4, 0.5) is 21.7 Å². The van der Waals surface area contributed by atoms with Crippen molar-refractivity contribution >= 4 is 23.2 Å². The summed E-state index contributed by atoms with van der Waals surface area (Å²) < 4.78 is 31.1. The van der Waals surface area contributed by atoms with Gasteiger partial charge in [0.25, 0.3) is 0 Å². The molecule has 0 unspecified atom stereocenters. The van der Waals surface area contributed by atoms with Crippen LogP contribution in [0, 0.1) is 11.2 Å². The highest BCUT2D eigenvalue weighted by atomic mass is 19.1. The normalized spacial score (nSPS) is 18.2. The first-order valence-corrected chi connectivity index (χ1v) is 13.6. The Labute approximate surface area is 247 Å². The maximum absolute atomic E-state index is 13.8. The summed E-state index contributed by atoms with van der Waals surface area (Å²) in [4.78, 5) is 30.2. The number of nitrogens with zero attached hydrogens (tertiary/aromatic N) is 3. The first kappa shape index (κ1) is 28.0. The summed E-state index contributed by atoms with van der Waals surface area (Å²) in [6.45, 7) is 2.01. The van der Waals surface area contributed by atoms with Crippen LogP contribution in [0.1, 0.15) is 19.0 Å². The maximum atomic E-state index is 13.8. The number of benzene rings is 3. The molecule has 218 valence electrons. The number of methoxy groups -OCH3 is 1. The number of aromatic nitrogens is 4. The Kier molecular flexibility index (Phi) is 7.82.